The molecule has 0 aliphatic carbocycles. The van der Waals surface area contributed by atoms with E-state index in [9.17, 15) is 8.42 Å². The van der Waals surface area contributed by atoms with E-state index in [0.29, 0.717) is 24.3 Å². The Balaban J connectivity index is 1.22. The Kier molecular flexibility index (Phi) is 8.02. The maximum atomic E-state index is 13.0. The fraction of sp³-hybridized carbons (Fsp3) is 0.286. The Morgan fingerprint density at radius 3 is 2.06 bits per heavy atom. The number of sulfonamides is 1. The first kappa shape index (κ1) is 25.4. The van der Waals surface area contributed by atoms with Crippen LogP contribution in [0.25, 0.3) is 11.1 Å². The van der Waals surface area contributed by atoms with Crippen LogP contribution < -0.4 is 4.74 Å². The van der Waals surface area contributed by atoms with Crippen molar-refractivity contribution in [2.24, 2.45) is 0 Å². The van der Waals surface area contributed by atoms with Crippen LogP contribution in [0.4, 0.5) is 0 Å². The molecule has 4 rings (SSSR count). The fourth-order valence-electron chi connectivity index (χ4n) is 4.34. The van der Waals surface area contributed by atoms with Gasteiger partial charge in [0, 0.05) is 26.2 Å². The van der Waals surface area contributed by atoms with Gasteiger partial charge in [0.2, 0.25) is 10.0 Å². The van der Waals surface area contributed by atoms with Gasteiger partial charge in [-0.3, -0.25) is 0 Å². The SMILES string of the molecule is CN(C1CCN(CCCOc2ccc(-c3ccc(C#N)cc3)cc2)C1)S(=O)(=O)c1ccc(C#N)cc1. The molecule has 1 heterocycles. The minimum Gasteiger partial charge on any atom is -0.494 e. The van der Waals surface area contributed by atoms with Gasteiger partial charge in [-0.25, -0.2) is 8.42 Å². The van der Waals surface area contributed by atoms with E-state index in [1.165, 1.54) is 28.6 Å². The van der Waals surface area contributed by atoms with Crippen molar-refractivity contribution >= 4 is 10.0 Å². The summed E-state index contributed by atoms with van der Waals surface area (Å²) in [6.07, 6.45) is 1.62. The van der Waals surface area contributed by atoms with Gasteiger partial charge < -0.3 is 9.64 Å². The van der Waals surface area contributed by atoms with Crippen molar-refractivity contribution in [1.82, 2.24) is 9.21 Å². The highest BCUT2D eigenvalue weighted by molar-refractivity contribution is 7.89. The largest absolute Gasteiger partial charge is 0.494 e. The number of rotatable bonds is 9. The highest BCUT2D eigenvalue weighted by Crippen LogP contribution is 2.24. The molecule has 1 fully saturated rings. The second-order valence-corrected chi connectivity index (χ2v) is 10.8. The van der Waals surface area contributed by atoms with Crippen LogP contribution in [-0.4, -0.2) is 57.0 Å². The standard InChI is InChI=1S/C28H28N4O3S/c1-31(36(33,34)28-13-5-23(20-30)6-14-28)26-15-17-32(21-26)16-2-18-35-27-11-9-25(10-12-27)24-7-3-22(19-29)4-8-24/h3-14,26H,2,15-18,21H2,1H3. The monoisotopic (exact) mass is 500 g/mol. The molecule has 8 heteroatoms. The molecule has 0 bridgehead atoms. The van der Waals surface area contributed by atoms with E-state index < -0.39 is 10.0 Å². The molecule has 0 spiro atoms. The Labute approximate surface area is 212 Å². The molecule has 184 valence electrons. The molecule has 1 atom stereocenters. The molecule has 1 saturated heterocycles. The third-order valence-corrected chi connectivity index (χ3v) is 8.44. The zero-order valence-electron chi connectivity index (χ0n) is 20.2. The van der Waals surface area contributed by atoms with Crippen LogP contribution >= 0.6 is 0 Å². The Morgan fingerprint density at radius 1 is 0.917 bits per heavy atom. The first-order valence-electron chi connectivity index (χ1n) is 11.8. The van der Waals surface area contributed by atoms with Crippen LogP contribution in [0, 0.1) is 22.7 Å². The highest BCUT2D eigenvalue weighted by Gasteiger charge is 2.32. The summed E-state index contributed by atoms with van der Waals surface area (Å²) in [7, 11) is -1.97. The fourth-order valence-corrected chi connectivity index (χ4v) is 5.71. The molecule has 3 aromatic carbocycles. The van der Waals surface area contributed by atoms with E-state index >= 15 is 0 Å². The van der Waals surface area contributed by atoms with Crippen LogP contribution in [0.2, 0.25) is 0 Å². The third kappa shape index (κ3) is 5.92. The average molecular weight is 501 g/mol. The van der Waals surface area contributed by atoms with Gasteiger partial charge in [0.15, 0.2) is 0 Å². The van der Waals surface area contributed by atoms with Crippen LogP contribution in [0.3, 0.4) is 0 Å². The van der Waals surface area contributed by atoms with Crippen LogP contribution in [0.1, 0.15) is 24.0 Å². The average Bonchev–Trinajstić information content (AvgIpc) is 3.40. The molecule has 0 N–H and O–H groups in total. The lowest BCUT2D eigenvalue weighted by Crippen LogP contribution is -2.39. The second-order valence-electron chi connectivity index (χ2n) is 8.82. The lowest BCUT2D eigenvalue weighted by molar-refractivity contribution is 0.254. The van der Waals surface area contributed by atoms with Crippen molar-refractivity contribution < 1.29 is 13.2 Å². The molecule has 0 aromatic heterocycles. The molecular formula is C28H28N4O3S. The first-order chi connectivity index (χ1) is 17.4. The molecule has 1 aliphatic rings. The lowest BCUT2D eigenvalue weighted by Gasteiger charge is -2.24. The molecule has 0 amide bonds. The van der Waals surface area contributed by atoms with Gasteiger partial charge in [-0.2, -0.15) is 14.8 Å². The summed E-state index contributed by atoms with van der Waals surface area (Å²) < 4.78 is 33.3. The minimum absolute atomic E-state index is 0.0821. The summed E-state index contributed by atoms with van der Waals surface area (Å²) >= 11 is 0. The summed E-state index contributed by atoms with van der Waals surface area (Å²) in [6, 6.07) is 25.5. The maximum Gasteiger partial charge on any atom is 0.243 e. The van der Waals surface area contributed by atoms with E-state index in [-0.39, 0.29) is 10.9 Å². The summed E-state index contributed by atoms with van der Waals surface area (Å²) in [4.78, 5) is 2.48. The lowest BCUT2D eigenvalue weighted by atomic mass is 10.0. The summed E-state index contributed by atoms with van der Waals surface area (Å²) in [6.45, 7) is 2.95. The van der Waals surface area contributed by atoms with Gasteiger partial charge in [0.25, 0.3) is 0 Å². The predicted octanol–water partition coefficient (Wildman–Crippen LogP) is 4.26. The number of benzene rings is 3. The quantitative estimate of drug-likeness (QED) is 0.407. The number of nitrogens with zero attached hydrogens (tertiary/aromatic N) is 4. The zero-order valence-corrected chi connectivity index (χ0v) is 21.0. The van der Waals surface area contributed by atoms with Gasteiger partial charge in [-0.1, -0.05) is 24.3 Å². The Bertz CT molecular complexity index is 1360. The number of hydrogen-bond acceptors (Lipinski definition) is 6. The van der Waals surface area contributed by atoms with Crippen molar-refractivity contribution in [3.63, 3.8) is 0 Å². The van der Waals surface area contributed by atoms with Gasteiger partial charge in [-0.05, 0) is 79.0 Å². The molecule has 3 aromatic rings. The molecule has 0 saturated carbocycles. The smallest absolute Gasteiger partial charge is 0.243 e. The van der Waals surface area contributed by atoms with E-state index in [1.807, 2.05) is 54.6 Å². The summed E-state index contributed by atoms with van der Waals surface area (Å²) in [5, 5.41) is 17.9. The minimum atomic E-state index is -3.60. The van der Waals surface area contributed by atoms with E-state index in [0.717, 1.165) is 42.8 Å². The summed E-state index contributed by atoms with van der Waals surface area (Å²) in [5.74, 6) is 0.805. The zero-order chi connectivity index (χ0) is 25.5. The molecule has 1 aliphatic heterocycles. The number of likely N-dealkylation sites (N-methyl/N-ethyl adjacent to an activating group) is 1. The maximum absolute atomic E-state index is 13.0. The van der Waals surface area contributed by atoms with Gasteiger partial charge in [-0.15, -0.1) is 0 Å². The number of ether oxygens (including phenoxy) is 1. The van der Waals surface area contributed by atoms with Gasteiger partial charge in [0.05, 0.1) is 34.8 Å². The first-order valence-corrected chi connectivity index (χ1v) is 13.3. The highest BCUT2D eigenvalue weighted by atomic mass is 32.2. The van der Waals surface area contributed by atoms with Crippen LogP contribution in [0.5, 0.6) is 5.75 Å². The van der Waals surface area contributed by atoms with Gasteiger partial charge in [0.1, 0.15) is 5.75 Å². The van der Waals surface area contributed by atoms with Crippen molar-refractivity contribution in [3.8, 4) is 29.0 Å². The van der Waals surface area contributed by atoms with Crippen LogP contribution in [0.15, 0.2) is 77.7 Å². The molecule has 36 heavy (non-hydrogen) atoms. The van der Waals surface area contributed by atoms with Crippen molar-refractivity contribution in [3.05, 3.63) is 83.9 Å². The third-order valence-electron chi connectivity index (χ3n) is 6.51. The van der Waals surface area contributed by atoms with E-state index in [4.69, 9.17) is 15.3 Å². The van der Waals surface area contributed by atoms with E-state index in [2.05, 4.69) is 11.0 Å². The number of likely N-dealkylation sites (tertiary alicyclic amines) is 1. The second kappa shape index (κ2) is 11.4. The molecule has 1 unspecified atom stereocenters. The summed E-state index contributed by atoms with van der Waals surface area (Å²) in [5.41, 5.74) is 3.20. The topological polar surface area (TPSA) is 97.4 Å². The normalized spacial score (nSPS) is 15.9. The van der Waals surface area contributed by atoms with E-state index in [1.54, 1.807) is 7.05 Å². The molecule has 0 radical (unpaired) electrons. The number of hydrogen-bond donors (Lipinski definition) is 0. The van der Waals surface area contributed by atoms with Crippen molar-refractivity contribution in [1.29, 1.82) is 10.5 Å². The predicted molar refractivity (Wildman–Crippen MR) is 138 cm³/mol. The molecular weight excluding hydrogens is 472 g/mol. The van der Waals surface area contributed by atoms with Crippen molar-refractivity contribution in [2.45, 2.75) is 23.8 Å². The molecule has 7 nitrogen and oxygen atoms in total. The Morgan fingerprint density at radius 2 is 1.47 bits per heavy atom. The van der Waals surface area contributed by atoms with Crippen molar-refractivity contribution in [2.75, 3.05) is 33.3 Å². The Hall–Kier alpha value is -3.69. The van der Waals surface area contributed by atoms with Crippen LogP contribution in [-0.2, 0) is 10.0 Å². The number of nitriles is 2. The van der Waals surface area contributed by atoms with Gasteiger partial charge >= 0.3 is 0 Å².